The minimum absolute atomic E-state index is 0.158. The van der Waals surface area contributed by atoms with E-state index in [0.717, 1.165) is 50.5 Å². The molecule has 4 aromatic rings. The van der Waals surface area contributed by atoms with E-state index in [1.807, 2.05) is 54.6 Å². The van der Waals surface area contributed by atoms with Crippen molar-refractivity contribution in [3.8, 4) is 21.7 Å². The zero-order valence-corrected chi connectivity index (χ0v) is 15.9. The van der Waals surface area contributed by atoms with Gasteiger partial charge in [0, 0.05) is 16.9 Å². The zero-order chi connectivity index (χ0) is 19.1. The van der Waals surface area contributed by atoms with Gasteiger partial charge in [-0.3, -0.25) is 0 Å². The first-order valence-corrected chi connectivity index (χ1v) is 10.2. The Kier molecular flexibility index (Phi) is 4.17. The Labute approximate surface area is 166 Å². The Morgan fingerprint density at radius 1 is 0.964 bits per heavy atom. The summed E-state index contributed by atoms with van der Waals surface area (Å²) in [4.78, 5) is 21.8. The molecule has 5 rings (SSSR count). The Morgan fingerprint density at radius 3 is 2.46 bits per heavy atom. The summed E-state index contributed by atoms with van der Waals surface area (Å²) in [5, 5.41) is 11.6. The van der Waals surface area contributed by atoms with Crippen molar-refractivity contribution in [1.29, 1.82) is 0 Å². The molecule has 2 aromatic heterocycles. The monoisotopic (exact) mass is 386 g/mol. The summed E-state index contributed by atoms with van der Waals surface area (Å²) in [6, 6.07) is 20.1. The molecule has 138 valence electrons. The van der Waals surface area contributed by atoms with Gasteiger partial charge in [-0.2, -0.15) is 0 Å². The van der Waals surface area contributed by atoms with E-state index in [9.17, 15) is 9.90 Å². The summed E-state index contributed by atoms with van der Waals surface area (Å²) in [5.74, 6) is -0.553. The summed E-state index contributed by atoms with van der Waals surface area (Å²) >= 11 is 1.51. The summed E-state index contributed by atoms with van der Waals surface area (Å²) in [7, 11) is 0. The maximum absolute atomic E-state index is 11.8. The van der Waals surface area contributed by atoms with Gasteiger partial charge in [-0.15, -0.1) is 11.3 Å². The van der Waals surface area contributed by atoms with Gasteiger partial charge in [0.2, 0.25) is 0 Å². The fraction of sp³-hybridized carbons (Fsp3) is 0.174. The Bertz CT molecular complexity index is 1180. The van der Waals surface area contributed by atoms with Gasteiger partial charge in [0.1, 0.15) is 0 Å². The van der Waals surface area contributed by atoms with Gasteiger partial charge >= 0.3 is 5.97 Å². The minimum Gasteiger partial charge on any atom is -0.476 e. The van der Waals surface area contributed by atoms with Crippen molar-refractivity contribution in [2.75, 3.05) is 0 Å². The molecule has 4 nitrogen and oxygen atoms in total. The van der Waals surface area contributed by atoms with Gasteiger partial charge in [-0.05, 0) is 30.5 Å². The van der Waals surface area contributed by atoms with E-state index in [1.54, 1.807) is 0 Å². The van der Waals surface area contributed by atoms with E-state index in [0.29, 0.717) is 5.92 Å². The molecule has 0 aliphatic heterocycles. The molecule has 0 spiro atoms. The molecule has 2 aromatic carbocycles. The molecule has 0 radical (unpaired) electrons. The Balaban J connectivity index is 1.61. The number of pyridine rings is 1. The molecule has 0 amide bonds. The number of rotatable bonds is 4. The third-order valence-corrected chi connectivity index (χ3v) is 6.59. The van der Waals surface area contributed by atoms with E-state index in [2.05, 4.69) is 11.1 Å². The lowest BCUT2D eigenvalue weighted by molar-refractivity contribution is 0.0692. The summed E-state index contributed by atoms with van der Waals surface area (Å²) in [5.41, 5.74) is 3.85. The van der Waals surface area contributed by atoms with Gasteiger partial charge < -0.3 is 5.11 Å². The van der Waals surface area contributed by atoms with Crippen molar-refractivity contribution < 1.29 is 9.90 Å². The van der Waals surface area contributed by atoms with Crippen molar-refractivity contribution in [2.45, 2.75) is 25.2 Å². The number of benzene rings is 2. The van der Waals surface area contributed by atoms with E-state index >= 15 is 0 Å². The molecule has 1 aliphatic rings. The van der Waals surface area contributed by atoms with Gasteiger partial charge in [-0.25, -0.2) is 14.8 Å². The Morgan fingerprint density at radius 2 is 1.75 bits per heavy atom. The maximum atomic E-state index is 11.8. The molecule has 5 heteroatoms. The van der Waals surface area contributed by atoms with Crippen molar-refractivity contribution in [3.05, 3.63) is 71.4 Å². The van der Waals surface area contributed by atoms with Crippen LogP contribution in [0.2, 0.25) is 0 Å². The third kappa shape index (κ3) is 2.98. The fourth-order valence-electron chi connectivity index (χ4n) is 3.54. The van der Waals surface area contributed by atoms with Crippen LogP contribution in [0.15, 0.2) is 60.7 Å². The number of aromatic carboxylic acids is 1. The molecule has 1 aliphatic carbocycles. The number of carbonyl (C=O) groups is 1. The second-order valence-corrected chi connectivity index (χ2v) is 8.16. The van der Waals surface area contributed by atoms with Crippen LogP contribution in [0.25, 0.3) is 32.6 Å². The topological polar surface area (TPSA) is 63.1 Å². The van der Waals surface area contributed by atoms with E-state index in [4.69, 9.17) is 4.98 Å². The van der Waals surface area contributed by atoms with Crippen molar-refractivity contribution in [3.63, 3.8) is 0 Å². The number of carboxylic acids is 1. The molecule has 0 atom stereocenters. The van der Waals surface area contributed by atoms with E-state index in [1.165, 1.54) is 17.8 Å². The van der Waals surface area contributed by atoms with Crippen LogP contribution in [0.4, 0.5) is 0 Å². The normalized spacial score (nSPS) is 14.1. The number of carboxylic acid groups (broad SMARTS) is 1. The number of thiazole rings is 1. The van der Waals surface area contributed by atoms with E-state index in [-0.39, 0.29) is 5.69 Å². The van der Waals surface area contributed by atoms with Gasteiger partial charge in [0.25, 0.3) is 0 Å². The predicted molar refractivity (Wildman–Crippen MR) is 112 cm³/mol. The lowest BCUT2D eigenvalue weighted by Gasteiger charge is -2.22. The largest absolute Gasteiger partial charge is 0.476 e. The molecule has 1 N–H and O–H groups in total. The number of hydrogen-bond acceptors (Lipinski definition) is 4. The van der Waals surface area contributed by atoms with Crippen LogP contribution in [0.3, 0.4) is 0 Å². The first kappa shape index (κ1) is 17.1. The van der Waals surface area contributed by atoms with Crippen molar-refractivity contribution in [2.24, 2.45) is 0 Å². The maximum Gasteiger partial charge on any atom is 0.356 e. The van der Waals surface area contributed by atoms with Crippen LogP contribution in [-0.2, 0) is 0 Å². The lowest BCUT2D eigenvalue weighted by atomic mass is 9.86. The first-order valence-electron chi connectivity index (χ1n) is 9.39. The highest BCUT2D eigenvalue weighted by molar-refractivity contribution is 7.15. The minimum atomic E-state index is -0.970. The van der Waals surface area contributed by atoms with Crippen LogP contribution in [0.5, 0.6) is 0 Å². The SMILES string of the molecule is O=C(O)c1nc(C2CCC2)sc1-c1ccc2ccc(-c3ccccc3)nc2c1. The van der Waals surface area contributed by atoms with E-state index < -0.39 is 5.97 Å². The molecular formula is C23H18N2O2S. The molecular weight excluding hydrogens is 368 g/mol. The van der Waals surface area contributed by atoms with Crippen molar-refractivity contribution in [1.82, 2.24) is 9.97 Å². The summed E-state index contributed by atoms with van der Waals surface area (Å²) in [6.45, 7) is 0. The second-order valence-electron chi connectivity index (χ2n) is 7.13. The van der Waals surface area contributed by atoms with Crippen LogP contribution in [0, 0.1) is 0 Å². The summed E-state index contributed by atoms with van der Waals surface area (Å²) < 4.78 is 0. The zero-order valence-electron chi connectivity index (χ0n) is 15.1. The van der Waals surface area contributed by atoms with Crippen LogP contribution in [-0.4, -0.2) is 21.0 Å². The Hall–Kier alpha value is -3.05. The predicted octanol–water partition coefficient (Wildman–Crippen LogP) is 5.99. The van der Waals surface area contributed by atoms with Gasteiger partial charge in [0.05, 0.1) is 21.1 Å². The average Bonchev–Trinajstić information content (AvgIpc) is 3.11. The molecule has 0 bridgehead atoms. The van der Waals surface area contributed by atoms with Crippen LogP contribution in [0.1, 0.15) is 40.7 Å². The average molecular weight is 386 g/mol. The summed E-state index contributed by atoms with van der Waals surface area (Å²) in [6.07, 6.45) is 3.40. The molecule has 0 unspecified atom stereocenters. The number of aromatic nitrogens is 2. The molecule has 1 saturated carbocycles. The highest BCUT2D eigenvalue weighted by atomic mass is 32.1. The standard InChI is InChI=1S/C23H18N2O2S/c26-23(27)20-21(28-22(25-20)16-7-4-8-16)17-10-9-15-11-12-18(24-19(15)13-17)14-5-2-1-3-6-14/h1-3,5-6,9-13,16H,4,7-8H2,(H,26,27). The van der Waals surface area contributed by atoms with Crippen molar-refractivity contribution >= 4 is 28.2 Å². The highest BCUT2D eigenvalue weighted by Crippen LogP contribution is 2.42. The fourth-order valence-corrected chi connectivity index (χ4v) is 4.76. The molecule has 0 saturated heterocycles. The molecule has 1 fully saturated rings. The molecule has 2 heterocycles. The van der Waals surface area contributed by atoms with Crippen LogP contribution < -0.4 is 0 Å². The number of fused-ring (bicyclic) bond motifs is 1. The third-order valence-electron chi connectivity index (χ3n) is 5.32. The van der Waals surface area contributed by atoms with Gasteiger partial charge in [0.15, 0.2) is 5.69 Å². The lowest BCUT2D eigenvalue weighted by Crippen LogP contribution is -2.09. The molecule has 28 heavy (non-hydrogen) atoms. The second kappa shape index (κ2) is 6.84. The quantitative estimate of drug-likeness (QED) is 0.468. The first-order chi connectivity index (χ1) is 13.7. The highest BCUT2D eigenvalue weighted by Gasteiger charge is 2.27. The number of hydrogen-bond donors (Lipinski definition) is 1. The smallest absolute Gasteiger partial charge is 0.356 e. The van der Waals surface area contributed by atoms with Gasteiger partial charge in [-0.1, -0.05) is 55.0 Å². The van der Waals surface area contributed by atoms with Crippen LogP contribution >= 0.6 is 11.3 Å². The number of nitrogens with zero attached hydrogens (tertiary/aromatic N) is 2.